The molecule has 6 atom stereocenters. The maximum absolute atomic E-state index is 11.5. The van der Waals surface area contributed by atoms with Gasteiger partial charge < -0.3 is 29.3 Å². The van der Waals surface area contributed by atoms with Gasteiger partial charge in [-0.25, -0.2) is 0 Å². The fraction of sp³-hybridized carbons (Fsp3) is 0.476. The van der Waals surface area contributed by atoms with Crippen LogP contribution in [0.5, 0.6) is 17.2 Å². The van der Waals surface area contributed by atoms with E-state index in [1.165, 1.54) is 17.7 Å². The summed E-state index contributed by atoms with van der Waals surface area (Å²) in [6.45, 7) is 6.91. The second-order valence-electron chi connectivity index (χ2n) is 14.0. The van der Waals surface area contributed by atoms with Crippen molar-refractivity contribution in [2.24, 2.45) is 22.9 Å². The largest absolute Gasteiger partial charge is 0.460 e. The van der Waals surface area contributed by atoms with E-state index in [-0.39, 0.29) is 54.4 Å². The molecule has 1 saturated carbocycles. The van der Waals surface area contributed by atoms with E-state index in [9.17, 15) is 20.3 Å². The zero-order chi connectivity index (χ0) is 37.9. The molecular formula is C42H51N3O8S. The molecule has 0 amide bonds. The lowest BCUT2D eigenvalue weighted by atomic mass is 9.56. The van der Waals surface area contributed by atoms with Crippen LogP contribution in [0.3, 0.4) is 0 Å². The van der Waals surface area contributed by atoms with E-state index in [0.717, 1.165) is 54.7 Å². The van der Waals surface area contributed by atoms with Crippen LogP contribution < -0.4 is 9.47 Å². The zero-order valence-corrected chi connectivity index (χ0v) is 31.7. The van der Waals surface area contributed by atoms with Crippen LogP contribution in [0.15, 0.2) is 96.5 Å². The van der Waals surface area contributed by atoms with Crippen LogP contribution in [0.1, 0.15) is 68.9 Å². The first-order valence-corrected chi connectivity index (χ1v) is 20.1. The van der Waals surface area contributed by atoms with E-state index in [4.69, 9.17) is 24.2 Å². The predicted octanol–water partition coefficient (Wildman–Crippen LogP) is 8.41. The number of unbranched alkanes of at least 4 members (excludes halogenated alkanes) is 2. The Hall–Kier alpha value is -4.23. The average Bonchev–Trinajstić information content (AvgIpc) is 3.18. The second kappa shape index (κ2) is 18.9. The number of aliphatic hydroxyl groups is 2. The number of nitrogens with zero attached hydrogens (tertiary/aromatic N) is 3. The number of hydrogen-bond donors (Lipinski definition) is 2. The number of ether oxygens (including phenoxy) is 3. The fourth-order valence-electron chi connectivity index (χ4n) is 8.35. The van der Waals surface area contributed by atoms with Gasteiger partial charge in [-0.05, 0) is 104 Å². The molecule has 3 aliphatic rings. The van der Waals surface area contributed by atoms with Gasteiger partial charge in [-0.1, -0.05) is 36.2 Å². The van der Waals surface area contributed by atoms with Gasteiger partial charge in [0, 0.05) is 49.6 Å². The number of benzene rings is 2. The number of thioether (sulfide) groups is 1. The number of allylic oxidation sites excluding steroid dienone is 1. The van der Waals surface area contributed by atoms with E-state index < -0.39 is 10.7 Å². The normalized spacial score (nSPS) is 24.8. The molecule has 0 saturated heterocycles. The predicted molar refractivity (Wildman–Crippen MR) is 210 cm³/mol. The van der Waals surface area contributed by atoms with Crippen molar-refractivity contribution in [1.29, 1.82) is 0 Å². The number of aryl methyl sites for hydroxylation is 1. The maximum atomic E-state index is 11.5. The monoisotopic (exact) mass is 757 g/mol. The van der Waals surface area contributed by atoms with E-state index in [1.54, 1.807) is 18.2 Å². The van der Waals surface area contributed by atoms with Gasteiger partial charge in [-0.3, -0.25) is 15.1 Å². The minimum Gasteiger partial charge on any atom is -0.460 e. The number of oxime groups is 1. The van der Waals surface area contributed by atoms with Gasteiger partial charge in [0.2, 0.25) is 5.79 Å². The molecule has 6 rings (SSSR count). The fourth-order valence-corrected chi connectivity index (χ4v) is 9.76. The van der Waals surface area contributed by atoms with Crippen LogP contribution in [0, 0.1) is 27.9 Å². The summed E-state index contributed by atoms with van der Waals surface area (Å²) in [5, 5.41) is 35.8. The summed E-state index contributed by atoms with van der Waals surface area (Å²) in [4.78, 5) is 21.1. The third-order valence-electron chi connectivity index (χ3n) is 10.6. The molecule has 11 nitrogen and oxygen atoms in total. The standard InChI is InChI=1S/C42H51N3O8S/c1-3-23-50-42-39(54-24-18-29-16-19-43-20-17-29)28-37(44-51-4-2)35-25-30(10-5-7-21-46)34(13-6-8-22-47)40(41(35)42)36-27-33(14-15-38(36)53-42)52-32-12-9-11-31(26-32)45(48)49/h3,9,11-12,14-17,19-20,25-27,30,34,39-41,46-47H,1,4-8,10,13,18,21-24,28H2,2H3. The van der Waals surface area contributed by atoms with Crippen molar-refractivity contribution in [3.05, 3.63) is 113 Å². The average molecular weight is 758 g/mol. The molecule has 288 valence electrons. The molecule has 6 unspecified atom stereocenters. The van der Waals surface area contributed by atoms with E-state index in [1.807, 2.05) is 61.4 Å². The Morgan fingerprint density at radius 3 is 2.59 bits per heavy atom. The molecule has 12 heteroatoms. The summed E-state index contributed by atoms with van der Waals surface area (Å²) < 4.78 is 20.5. The molecular weight excluding hydrogens is 707 g/mol. The molecule has 1 fully saturated rings. The summed E-state index contributed by atoms with van der Waals surface area (Å²) in [6.07, 6.45) is 14.0. The van der Waals surface area contributed by atoms with Gasteiger partial charge in [0.05, 0.1) is 34.5 Å². The number of pyridine rings is 1. The molecule has 54 heavy (non-hydrogen) atoms. The lowest BCUT2D eigenvalue weighted by Crippen LogP contribution is -2.64. The van der Waals surface area contributed by atoms with Gasteiger partial charge in [-0.2, -0.15) is 11.8 Å². The number of hydrogen-bond acceptors (Lipinski definition) is 11. The van der Waals surface area contributed by atoms with E-state index in [0.29, 0.717) is 43.1 Å². The van der Waals surface area contributed by atoms with Crippen LogP contribution >= 0.6 is 11.8 Å². The van der Waals surface area contributed by atoms with Crippen LogP contribution in [0.4, 0.5) is 5.69 Å². The third kappa shape index (κ3) is 8.83. The van der Waals surface area contributed by atoms with Gasteiger partial charge >= 0.3 is 0 Å². The highest BCUT2D eigenvalue weighted by atomic mass is 32.2. The number of aromatic nitrogens is 1. The smallest absolute Gasteiger partial charge is 0.273 e. The Kier molecular flexibility index (Phi) is 13.8. The molecule has 1 aliphatic heterocycles. The number of rotatable bonds is 20. The minimum atomic E-state index is -1.07. The Labute approximate surface area is 321 Å². The first-order valence-electron chi connectivity index (χ1n) is 19.1. The molecule has 0 spiro atoms. The summed E-state index contributed by atoms with van der Waals surface area (Å²) in [5.74, 6) is 1.30. The van der Waals surface area contributed by atoms with Crippen molar-refractivity contribution >= 4 is 23.2 Å². The van der Waals surface area contributed by atoms with Crippen molar-refractivity contribution in [3.63, 3.8) is 0 Å². The van der Waals surface area contributed by atoms with Crippen LogP contribution in [-0.4, -0.2) is 69.0 Å². The molecule has 3 aromatic rings. The van der Waals surface area contributed by atoms with Gasteiger partial charge in [0.1, 0.15) is 23.9 Å². The maximum Gasteiger partial charge on any atom is 0.273 e. The zero-order valence-electron chi connectivity index (χ0n) is 30.9. The van der Waals surface area contributed by atoms with Crippen molar-refractivity contribution in [2.75, 3.05) is 32.2 Å². The summed E-state index contributed by atoms with van der Waals surface area (Å²) in [5.41, 5.74) is 4.08. The van der Waals surface area contributed by atoms with Gasteiger partial charge in [0.15, 0.2) is 0 Å². The molecule has 2 aromatic carbocycles. The minimum absolute atomic E-state index is 0.0505. The Balaban J connectivity index is 1.50. The Bertz CT molecular complexity index is 1790. The molecule has 2 N–H and O–H groups in total. The summed E-state index contributed by atoms with van der Waals surface area (Å²) >= 11 is 1.82. The highest BCUT2D eigenvalue weighted by Gasteiger charge is 2.64. The summed E-state index contributed by atoms with van der Waals surface area (Å²) in [6, 6.07) is 16.1. The SMILES string of the molecule is C=CCOC12Oc3ccc(Oc4cccc([N+](=O)[O-])c4)cc3C3C(CCCCO)C(CCCCO)C=C(C(=NOCC)CC1SCCc1ccncc1)C32. The molecule has 0 bridgehead atoms. The molecule has 0 radical (unpaired) electrons. The number of fused-ring (bicyclic) bond motifs is 2. The lowest BCUT2D eigenvalue weighted by molar-refractivity contribution is -0.384. The number of non-ortho nitro benzene ring substituents is 1. The van der Waals surface area contributed by atoms with Gasteiger partial charge in [0.25, 0.3) is 5.69 Å². The molecule has 2 aliphatic carbocycles. The quantitative estimate of drug-likeness (QED) is 0.0499. The first-order chi connectivity index (χ1) is 26.4. The summed E-state index contributed by atoms with van der Waals surface area (Å²) in [7, 11) is 0. The lowest BCUT2D eigenvalue weighted by Gasteiger charge is -2.58. The highest BCUT2D eigenvalue weighted by Crippen LogP contribution is 2.62. The van der Waals surface area contributed by atoms with E-state index >= 15 is 0 Å². The number of nitro groups is 1. The molecule has 2 heterocycles. The van der Waals surface area contributed by atoms with Crippen molar-refractivity contribution in [2.45, 2.75) is 75.2 Å². The Morgan fingerprint density at radius 1 is 1.07 bits per heavy atom. The topological polar surface area (TPSA) is 146 Å². The molecule has 1 aromatic heterocycles. The van der Waals surface area contributed by atoms with Crippen LogP contribution in [0.2, 0.25) is 0 Å². The van der Waals surface area contributed by atoms with Crippen LogP contribution in [-0.2, 0) is 16.0 Å². The first kappa shape index (κ1) is 39.5. The second-order valence-corrected chi connectivity index (χ2v) is 15.3. The van der Waals surface area contributed by atoms with Crippen molar-refractivity contribution in [3.8, 4) is 17.2 Å². The highest BCUT2D eigenvalue weighted by molar-refractivity contribution is 8.00. The van der Waals surface area contributed by atoms with Crippen LogP contribution in [0.25, 0.3) is 0 Å². The Morgan fingerprint density at radius 2 is 1.85 bits per heavy atom. The van der Waals surface area contributed by atoms with E-state index in [2.05, 4.69) is 17.6 Å². The van der Waals surface area contributed by atoms with Crippen molar-refractivity contribution in [1.82, 2.24) is 4.98 Å². The number of aliphatic hydroxyl groups excluding tert-OH is 2. The van der Waals surface area contributed by atoms with Gasteiger partial charge in [-0.15, -0.1) is 6.58 Å². The number of nitro benzene ring substituents is 1. The third-order valence-corrected chi connectivity index (χ3v) is 12.0. The van der Waals surface area contributed by atoms with Crippen molar-refractivity contribution < 1.29 is 34.2 Å².